The first-order valence-electron chi connectivity index (χ1n) is 4.93. The third-order valence-corrected chi connectivity index (χ3v) is 2.75. The molecule has 78 valence electrons. The first-order chi connectivity index (χ1) is 6.79. The van der Waals surface area contributed by atoms with Crippen molar-refractivity contribution in [2.24, 2.45) is 11.8 Å². The molecule has 2 unspecified atom stereocenters. The molecule has 14 heavy (non-hydrogen) atoms. The zero-order valence-electron chi connectivity index (χ0n) is 8.27. The highest BCUT2D eigenvalue weighted by molar-refractivity contribution is 4.98. The van der Waals surface area contributed by atoms with Crippen molar-refractivity contribution in [1.29, 1.82) is 0 Å². The number of nitrogens with zero attached hydrogens (tertiary/aromatic N) is 2. The van der Waals surface area contributed by atoms with Crippen LogP contribution in [0.2, 0.25) is 0 Å². The van der Waals surface area contributed by atoms with Gasteiger partial charge in [0.15, 0.2) is 5.82 Å². The van der Waals surface area contributed by atoms with Crippen LogP contribution in [0.25, 0.3) is 0 Å². The SMILES string of the molecule is CC1CCC(c2noc(CON)n2)C1. The highest BCUT2D eigenvalue weighted by Crippen LogP contribution is 2.36. The molecule has 1 aliphatic rings. The number of rotatable bonds is 3. The van der Waals surface area contributed by atoms with Crippen LogP contribution in [-0.2, 0) is 11.4 Å². The van der Waals surface area contributed by atoms with E-state index in [1.165, 1.54) is 6.42 Å². The second-order valence-corrected chi connectivity index (χ2v) is 3.97. The number of hydrogen-bond acceptors (Lipinski definition) is 5. The summed E-state index contributed by atoms with van der Waals surface area (Å²) in [4.78, 5) is 8.66. The maximum atomic E-state index is 4.99. The second-order valence-electron chi connectivity index (χ2n) is 3.97. The van der Waals surface area contributed by atoms with Crippen molar-refractivity contribution in [3.63, 3.8) is 0 Å². The van der Waals surface area contributed by atoms with Crippen molar-refractivity contribution in [3.8, 4) is 0 Å². The molecule has 1 aliphatic carbocycles. The summed E-state index contributed by atoms with van der Waals surface area (Å²) < 4.78 is 4.99. The van der Waals surface area contributed by atoms with E-state index in [1.54, 1.807) is 0 Å². The van der Waals surface area contributed by atoms with Gasteiger partial charge in [0.25, 0.3) is 5.89 Å². The van der Waals surface area contributed by atoms with Crippen molar-refractivity contribution in [1.82, 2.24) is 10.1 Å². The fraction of sp³-hybridized carbons (Fsp3) is 0.778. The maximum Gasteiger partial charge on any atom is 0.254 e. The Morgan fingerprint density at radius 3 is 3.07 bits per heavy atom. The predicted octanol–water partition coefficient (Wildman–Crippen LogP) is 1.36. The van der Waals surface area contributed by atoms with Gasteiger partial charge in [-0.3, -0.25) is 4.84 Å². The molecule has 0 spiro atoms. The standard InChI is InChI=1S/C9H15N3O2/c1-6-2-3-7(4-6)9-11-8(5-13-10)14-12-9/h6-7H,2-5,10H2,1H3. The molecule has 1 heterocycles. The van der Waals surface area contributed by atoms with Gasteiger partial charge in [0.2, 0.25) is 0 Å². The molecule has 1 saturated carbocycles. The van der Waals surface area contributed by atoms with Crippen LogP contribution in [0.15, 0.2) is 4.52 Å². The normalized spacial score (nSPS) is 27.0. The molecule has 1 fully saturated rings. The minimum atomic E-state index is 0.190. The molecule has 0 radical (unpaired) electrons. The van der Waals surface area contributed by atoms with Crippen LogP contribution in [0.1, 0.15) is 43.8 Å². The molecule has 0 bridgehead atoms. The molecule has 5 nitrogen and oxygen atoms in total. The zero-order chi connectivity index (χ0) is 9.97. The molecule has 2 N–H and O–H groups in total. The Balaban J connectivity index is 2.02. The summed E-state index contributed by atoms with van der Waals surface area (Å²) in [6.07, 6.45) is 3.56. The van der Waals surface area contributed by atoms with Gasteiger partial charge < -0.3 is 4.52 Å². The van der Waals surface area contributed by atoms with Gasteiger partial charge in [-0.25, -0.2) is 5.90 Å². The average Bonchev–Trinajstić information content (AvgIpc) is 2.74. The second kappa shape index (κ2) is 4.06. The maximum absolute atomic E-state index is 4.99. The lowest BCUT2D eigenvalue weighted by Crippen LogP contribution is -2.00. The molecule has 0 saturated heterocycles. The van der Waals surface area contributed by atoms with Crippen LogP contribution >= 0.6 is 0 Å². The van der Waals surface area contributed by atoms with E-state index in [9.17, 15) is 0 Å². The number of aromatic nitrogens is 2. The quantitative estimate of drug-likeness (QED) is 0.740. The Labute approximate surface area is 82.6 Å². The number of nitrogens with two attached hydrogens (primary N) is 1. The van der Waals surface area contributed by atoms with Crippen molar-refractivity contribution >= 4 is 0 Å². The minimum Gasteiger partial charge on any atom is -0.337 e. The molecular weight excluding hydrogens is 182 g/mol. The summed E-state index contributed by atoms with van der Waals surface area (Å²) in [5.74, 6) is 7.41. The third kappa shape index (κ3) is 1.93. The molecule has 2 rings (SSSR count). The number of hydrogen-bond donors (Lipinski definition) is 1. The van der Waals surface area contributed by atoms with E-state index in [2.05, 4.69) is 21.9 Å². The van der Waals surface area contributed by atoms with Crippen LogP contribution in [0.4, 0.5) is 0 Å². The predicted molar refractivity (Wildman–Crippen MR) is 49.0 cm³/mol. The highest BCUT2D eigenvalue weighted by atomic mass is 16.6. The Kier molecular flexibility index (Phi) is 2.79. The summed E-state index contributed by atoms with van der Waals surface area (Å²) in [6, 6.07) is 0. The molecule has 1 aromatic heterocycles. The monoisotopic (exact) mass is 197 g/mol. The first kappa shape index (κ1) is 9.61. The van der Waals surface area contributed by atoms with E-state index < -0.39 is 0 Å². The first-order valence-corrected chi connectivity index (χ1v) is 4.93. The summed E-state index contributed by atoms with van der Waals surface area (Å²) in [7, 11) is 0. The molecule has 0 aliphatic heterocycles. The Bertz CT molecular complexity index is 300. The van der Waals surface area contributed by atoms with Crippen molar-refractivity contribution in [2.45, 2.75) is 38.7 Å². The topological polar surface area (TPSA) is 74.2 Å². The highest BCUT2D eigenvalue weighted by Gasteiger charge is 2.26. The molecule has 0 amide bonds. The van der Waals surface area contributed by atoms with Crippen LogP contribution in [0, 0.1) is 5.92 Å². The lowest BCUT2D eigenvalue weighted by atomic mass is 10.1. The molecule has 2 atom stereocenters. The fourth-order valence-corrected chi connectivity index (χ4v) is 2.01. The van der Waals surface area contributed by atoms with E-state index in [4.69, 9.17) is 10.4 Å². The van der Waals surface area contributed by atoms with Gasteiger partial charge in [0, 0.05) is 5.92 Å². The van der Waals surface area contributed by atoms with E-state index in [-0.39, 0.29) is 6.61 Å². The van der Waals surface area contributed by atoms with Gasteiger partial charge in [-0.05, 0) is 25.2 Å². The van der Waals surface area contributed by atoms with Crippen molar-refractivity contribution < 1.29 is 9.36 Å². The van der Waals surface area contributed by atoms with Crippen molar-refractivity contribution in [3.05, 3.63) is 11.7 Å². The average molecular weight is 197 g/mol. The molecular formula is C9H15N3O2. The lowest BCUT2D eigenvalue weighted by Gasteiger charge is -2.01. The minimum absolute atomic E-state index is 0.190. The van der Waals surface area contributed by atoms with Gasteiger partial charge in [-0.2, -0.15) is 4.98 Å². The summed E-state index contributed by atoms with van der Waals surface area (Å²) in [5, 5.41) is 3.93. The van der Waals surface area contributed by atoms with Crippen LogP contribution in [0.3, 0.4) is 0 Å². The Morgan fingerprint density at radius 2 is 2.43 bits per heavy atom. The van der Waals surface area contributed by atoms with E-state index in [0.717, 1.165) is 24.6 Å². The van der Waals surface area contributed by atoms with Gasteiger partial charge in [-0.15, -0.1) is 0 Å². The summed E-state index contributed by atoms with van der Waals surface area (Å²) >= 11 is 0. The fourth-order valence-electron chi connectivity index (χ4n) is 2.01. The third-order valence-electron chi connectivity index (χ3n) is 2.75. The van der Waals surface area contributed by atoms with Gasteiger partial charge >= 0.3 is 0 Å². The van der Waals surface area contributed by atoms with Gasteiger partial charge in [0.1, 0.15) is 6.61 Å². The molecule has 0 aromatic carbocycles. The Morgan fingerprint density at radius 1 is 1.57 bits per heavy atom. The van der Waals surface area contributed by atoms with Crippen molar-refractivity contribution in [2.75, 3.05) is 0 Å². The summed E-state index contributed by atoms with van der Waals surface area (Å²) in [5.41, 5.74) is 0. The lowest BCUT2D eigenvalue weighted by molar-refractivity contribution is 0.0995. The summed E-state index contributed by atoms with van der Waals surface area (Å²) in [6.45, 7) is 2.44. The smallest absolute Gasteiger partial charge is 0.254 e. The zero-order valence-corrected chi connectivity index (χ0v) is 8.27. The van der Waals surface area contributed by atoms with E-state index >= 15 is 0 Å². The van der Waals surface area contributed by atoms with Crippen LogP contribution in [0.5, 0.6) is 0 Å². The van der Waals surface area contributed by atoms with Gasteiger partial charge in [-0.1, -0.05) is 12.1 Å². The van der Waals surface area contributed by atoms with Gasteiger partial charge in [0.05, 0.1) is 0 Å². The van der Waals surface area contributed by atoms with Crippen LogP contribution in [-0.4, -0.2) is 10.1 Å². The molecule has 5 heteroatoms. The van der Waals surface area contributed by atoms with Crippen LogP contribution < -0.4 is 5.90 Å². The largest absolute Gasteiger partial charge is 0.337 e. The molecule has 1 aromatic rings. The Hall–Kier alpha value is -0.940. The van der Waals surface area contributed by atoms with E-state index in [1.807, 2.05) is 0 Å². The van der Waals surface area contributed by atoms with E-state index in [0.29, 0.717) is 11.8 Å².